The van der Waals surface area contributed by atoms with E-state index in [0.717, 1.165) is 17.7 Å². The molecule has 0 spiro atoms. The second-order valence-corrected chi connectivity index (χ2v) is 5.00. The summed E-state index contributed by atoms with van der Waals surface area (Å²) >= 11 is 5.05. The van der Waals surface area contributed by atoms with E-state index in [2.05, 4.69) is 10.6 Å². The Bertz CT molecular complexity index is 517. The lowest BCUT2D eigenvalue weighted by atomic mass is 10.2. The number of anilines is 1. The summed E-state index contributed by atoms with van der Waals surface area (Å²) in [4.78, 5) is 22.9. The van der Waals surface area contributed by atoms with Gasteiger partial charge in [-0.3, -0.25) is 9.59 Å². The smallest absolute Gasteiger partial charge is 0.306 e. The summed E-state index contributed by atoms with van der Waals surface area (Å²) in [5, 5.41) is 5.67. The Morgan fingerprint density at radius 3 is 2.71 bits per heavy atom. The second-order valence-electron chi connectivity index (χ2n) is 4.59. The average Bonchev–Trinajstić information content (AvgIpc) is 2.42. The van der Waals surface area contributed by atoms with Gasteiger partial charge in [-0.25, -0.2) is 0 Å². The zero-order valence-electron chi connectivity index (χ0n) is 12.3. The summed E-state index contributed by atoms with van der Waals surface area (Å²) in [6, 6.07) is 7.63. The Kier molecular flexibility index (Phi) is 7.39. The molecule has 5 nitrogen and oxygen atoms in total. The average molecular weight is 308 g/mol. The molecule has 0 saturated carbocycles. The lowest BCUT2D eigenvalue weighted by Crippen LogP contribution is -2.34. The van der Waals surface area contributed by atoms with Gasteiger partial charge in [-0.2, -0.15) is 0 Å². The van der Waals surface area contributed by atoms with Gasteiger partial charge in [0.25, 0.3) is 0 Å². The standard InChI is InChI=1S/C15H20N2O3S/c1-3-9-20-14(19)8-7-13(18)17-15(21)16-12-6-4-5-11(2)10-12/h4-6,10H,3,7-9H2,1-2H3,(H2,16,17,18,21). The fraction of sp³-hybridized carbons (Fsp3) is 0.400. The highest BCUT2D eigenvalue weighted by atomic mass is 32.1. The number of carbonyl (C=O) groups is 2. The van der Waals surface area contributed by atoms with Gasteiger partial charge in [0.1, 0.15) is 0 Å². The predicted octanol–water partition coefficient (Wildman–Crippen LogP) is 2.54. The van der Waals surface area contributed by atoms with Crippen molar-refractivity contribution in [3.63, 3.8) is 0 Å². The molecule has 21 heavy (non-hydrogen) atoms. The molecule has 2 N–H and O–H groups in total. The number of hydrogen-bond acceptors (Lipinski definition) is 4. The minimum atomic E-state index is -0.371. The van der Waals surface area contributed by atoms with Gasteiger partial charge in [-0.1, -0.05) is 19.1 Å². The van der Waals surface area contributed by atoms with Gasteiger partial charge in [0.15, 0.2) is 5.11 Å². The maximum atomic E-state index is 11.6. The van der Waals surface area contributed by atoms with Crippen LogP contribution in [0.25, 0.3) is 0 Å². The van der Waals surface area contributed by atoms with Crippen molar-refractivity contribution in [1.82, 2.24) is 5.32 Å². The van der Waals surface area contributed by atoms with Crippen molar-refractivity contribution in [3.8, 4) is 0 Å². The molecular formula is C15H20N2O3S. The molecule has 0 unspecified atom stereocenters. The third-order valence-electron chi connectivity index (χ3n) is 2.55. The first kappa shape index (κ1) is 17.1. The molecule has 1 amide bonds. The van der Waals surface area contributed by atoms with Gasteiger partial charge in [-0.05, 0) is 43.3 Å². The minimum Gasteiger partial charge on any atom is -0.466 e. The Hall–Kier alpha value is -1.95. The fourth-order valence-corrected chi connectivity index (χ4v) is 1.81. The van der Waals surface area contributed by atoms with E-state index < -0.39 is 0 Å². The molecule has 0 atom stereocenters. The molecule has 0 heterocycles. The van der Waals surface area contributed by atoms with E-state index in [1.807, 2.05) is 38.1 Å². The van der Waals surface area contributed by atoms with Crippen molar-refractivity contribution in [3.05, 3.63) is 29.8 Å². The Morgan fingerprint density at radius 2 is 2.05 bits per heavy atom. The fourth-order valence-electron chi connectivity index (χ4n) is 1.58. The predicted molar refractivity (Wildman–Crippen MR) is 86.0 cm³/mol. The van der Waals surface area contributed by atoms with E-state index in [-0.39, 0.29) is 29.8 Å². The molecule has 0 saturated heterocycles. The highest BCUT2D eigenvalue weighted by molar-refractivity contribution is 7.80. The van der Waals surface area contributed by atoms with Gasteiger partial charge < -0.3 is 15.4 Å². The summed E-state index contributed by atoms with van der Waals surface area (Å²) in [5.74, 6) is -0.682. The van der Waals surface area contributed by atoms with Crippen LogP contribution in [-0.4, -0.2) is 23.6 Å². The van der Waals surface area contributed by atoms with Gasteiger partial charge in [-0.15, -0.1) is 0 Å². The number of thiocarbonyl (C=S) groups is 1. The van der Waals surface area contributed by atoms with Crippen LogP contribution in [0.1, 0.15) is 31.7 Å². The third-order valence-corrected chi connectivity index (χ3v) is 2.76. The number of esters is 1. The van der Waals surface area contributed by atoms with Crippen LogP contribution in [0.5, 0.6) is 0 Å². The normalized spacial score (nSPS) is 9.81. The van der Waals surface area contributed by atoms with E-state index >= 15 is 0 Å². The molecule has 0 aliphatic heterocycles. The highest BCUT2D eigenvalue weighted by Gasteiger charge is 2.09. The zero-order valence-corrected chi connectivity index (χ0v) is 13.1. The monoisotopic (exact) mass is 308 g/mol. The molecule has 6 heteroatoms. The van der Waals surface area contributed by atoms with Crippen LogP contribution in [0, 0.1) is 6.92 Å². The topological polar surface area (TPSA) is 67.4 Å². The largest absolute Gasteiger partial charge is 0.466 e. The quantitative estimate of drug-likeness (QED) is 0.624. The van der Waals surface area contributed by atoms with Crippen molar-refractivity contribution in [2.45, 2.75) is 33.1 Å². The van der Waals surface area contributed by atoms with Crippen molar-refractivity contribution in [2.24, 2.45) is 0 Å². The molecule has 0 radical (unpaired) electrons. The van der Waals surface area contributed by atoms with Crippen LogP contribution in [0.3, 0.4) is 0 Å². The molecule has 0 aromatic heterocycles. The molecule has 0 aliphatic carbocycles. The van der Waals surface area contributed by atoms with E-state index in [1.54, 1.807) is 0 Å². The number of nitrogens with one attached hydrogen (secondary N) is 2. The van der Waals surface area contributed by atoms with E-state index in [9.17, 15) is 9.59 Å². The lowest BCUT2D eigenvalue weighted by Gasteiger charge is -2.10. The van der Waals surface area contributed by atoms with Crippen LogP contribution in [0.15, 0.2) is 24.3 Å². The van der Waals surface area contributed by atoms with Crippen molar-refractivity contribution in [2.75, 3.05) is 11.9 Å². The second kappa shape index (κ2) is 9.07. The Balaban J connectivity index is 2.31. The number of carbonyl (C=O) groups excluding carboxylic acids is 2. The number of rotatable bonds is 6. The van der Waals surface area contributed by atoms with Gasteiger partial charge in [0.2, 0.25) is 5.91 Å². The number of amides is 1. The molecule has 1 aromatic carbocycles. The summed E-state index contributed by atoms with van der Waals surface area (Å²) in [6.45, 7) is 4.26. The first-order valence-electron chi connectivity index (χ1n) is 6.84. The third kappa shape index (κ3) is 7.41. The molecule has 114 valence electrons. The summed E-state index contributed by atoms with van der Waals surface area (Å²) in [5.41, 5.74) is 1.90. The van der Waals surface area contributed by atoms with Gasteiger partial charge in [0, 0.05) is 12.1 Å². The number of aryl methyl sites for hydroxylation is 1. The lowest BCUT2D eigenvalue weighted by molar-refractivity contribution is -0.144. The maximum absolute atomic E-state index is 11.6. The molecule has 0 bridgehead atoms. The number of benzene rings is 1. The molecule has 0 fully saturated rings. The van der Waals surface area contributed by atoms with Crippen LogP contribution in [-0.2, 0) is 14.3 Å². The summed E-state index contributed by atoms with van der Waals surface area (Å²) < 4.78 is 4.89. The SMILES string of the molecule is CCCOC(=O)CCC(=O)NC(=S)Nc1cccc(C)c1. The van der Waals surface area contributed by atoms with Crippen LogP contribution >= 0.6 is 12.2 Å². The van der Waals surface area contributed by atoms with Crippen molar-refractivity contribution < 1.29 is 14.3 Å². The van der Waals surface area contributed by atoms with Crippen molar-refractivity contribution in [1.29, 1.82) is 0 Å². The number of hydrogen-bond donors (Lipinski definition) is 2. The first-order chi connectivity index (χ1) is 10.0. The minimum absolute atomic E-state index is 0.0538. The summed E-state index contributed by atoms with van der Waals surface area (Å²) in [6.07, 6.45) is 0.875. The zero-order chi connectivity index (χ0) is 15.7. The molecule has 1 rings (SSSR count). The number of ether oxygens (including phenoxy) is 1. The van der Waals surface area contributed by atoms with E-state index in [0.29, 0.717) is 6.61 Å². The Labute approximate surface area is 130 Å². The van der Waals surface area contributed by atoms with Crippen LogP contribution in [0.2, 0.25) is 0 Å². The van der Waals surface area contributed by atoms with Gasteiger partial charge in [0.05, 0.1) is 13.0 Å². The molecular weight excluding hydrogens is 288 g/mol. The maximum Gasteiger partial charge on any atom is 0.306 e. The van der Waals surface area contributed by atoms with Gasteiger partial charge >= 0.3 is 5.97 Å². The van der Waals surface area contributed by atoms with E-state index in [1.165, 1.54) is 0 Å². The summed E-state index contributed by atoms with van der Waals surface area (Å²) in [7, 11) is 0. The first-order valence-corrected chi connectivity index (χ1v) is 7.25. The van der Waals surface area contributed by atoms with Crippen LogP contribution in [0.4, 0.5) is 5.69 Å². The van der Waals surface area contributed by atoms with E-state index in [4.69, 9.17) is 17.0 Å². The highest BCUT2D eigenvalue weighted by Crippen LogP contribution is 2.09. The van der Waals surface area contributed by atoms with Crippen molar-refractivity contribution >= 4 is 34.9 Å². The van der Waals surface area contributed by atoms with Crippen LogP contribution < -0.4 is 10.6 Å². The molecule has 0 aliphatic rings. The molecule has 1 aromatic rings. The Morgan fingerprint density at radius 1 is 1.29 bits per heavy atom.